The Morgan fingerprint density at radius 1 is 1.24 bits per heavy atom. The number of methoxy groups -OCH3 is 1. The third-order valence-corrected chi connectivity index (χ3v) is 4.17. The average molecular weight is 287 g/mol. The van der Waals surface area contributed by atoms with Gasteiger partial charge in [-0.25, -0.2) is 0 Å². The van der Waals surface area contributed by atoms with E-state index in [1.165, 1.54) is 22.4 Å². The quantitative estimate of drug-likeness (QED) is 0.940. The zero-order valence-corrected chi connectivity index (χ0v) is 13.8. The molecule has 1 aromatic carbocycles. The Balaban J connectivity index is 2.39. The zero-order chi connectivity index (χ0) is 15.7. The van der Waals surface area contributed by atoms with Gasteiger partial charge >= 0.3 is 0 Å². The van der Waals surface area contributed by atoms with Crippen LogP contribution in [0, 0.1) is 27.7 Å². The van der Waals surface area contributed by atoms with Crippen LogP contribution in [-0.2, 0) is 13.5 Å². The first kappa shape index (κ1) is 15.6. The topological polar surface area (TPSA) is 53.1 Å². The van der Waals surface area contributed by atoms with Gasteiger partial charge in [0.1, 0.15) is 5.75 Å². The predicted octanol–water partition coefficient (Wildman–Crippen LogP) is 2.90. The van der Waals surface area contributed by atoms with Gasteiger partial charge in [0, 0.05) is 24.3 Å². The van der Waals surface area contributed by atoms with Crippen LogP contribution >= 0.6 is 0 Å². The van der Waals surface area contributed by atoms with Gasteiger partial charge in [0.25, 0.3) is 0 Å². The van der Waals surface area contributed by atoms with Gasteiger partial charge in [-0.15, -0.1) is 0 Å². The summed E-state index contributed by atoms with van der Waals surface area (Å²) in [5, 5.41) is 4.47. The highest BCUT2D eigenvalue weighted by molar-refractivity contribution is 5.45. The SMILES string of the molecule is COc1cc(C)cc(C)c1C(N)Cc1c(C)nn(C)c1C. The number of ether oxygens (including phenoxy) is 1. The second kappa shape index (κ2) is 5.90. The van der Waals surface area contributed by atoms with Crippen molar-refractivity contribution in [2.45, 2.75) is 40.2 Å². The van der Waals surface area contributed by atoms with Crippen LogP contribution in [0.1, 0.15) is 39.7 Å². The molecule has 0 aliphatic heterocycles. The van der Waals surface area contributed by atoms with Crippen LogP contribution in [-0.4, -0.2) is 16.9 Å². The molecule has 0 aliphatic carbocycles. The number of aromatic nitrogens is 2. The maximum atomic E-state index is 6.48. The van der Waals surface area contributed by atoms with E-state index >= 15 is 0 Å². The number of aryl methyl sites for hydroxylation is 4. The molecule has 0 saturated heterocycles. The Morgan fingerprint density at radius 3 is 2.43 bits per heavy atom. The molecule has 2 N–H and O–H groups in total. The van der Waals surface area contributed by atoms with Crippen LogP contribution in [0.25, 0.3) is 0 Å². The maximum absolute atomic E-state index is 6.48. The molecule has 0 aliphatic rings. The highest BCUT2D eigenvalue weighted by Crippen LogP contribution is 2.31. The molecule has 0 spiro atoms. The summed E-state index contributed by atoms with van der Waals surface area (Å²) in [6.07, 6.45) is 0.770. The van der Waals surface area contributed by atoms with Crippen molar-refractivity contribution >= 4 is 0 Å². The summed E-state index contributed by atoms with van der Waals surface area (Å²) in [6, 6.07) is 4.10. The molecule has 1 unspecified atom stereocenters. The minimum absolute atomic E-state index is 0.0952. The number of nitrogens with two attached hydrogens (primary N) is 1. The maximum Gasteiger partial charge on any atom is 0.124 e. The average Bonchev–Trinajstić information content (AvgIpc) is 2.64. The van der Waals surface area contributed by atoms with E-state index in [9.17, 15) is 0 Å². The first-order chi connectivity index (χ1) is 9.85. The molecule has 0 fully saturated rings. The minimum atomic E-state index is -0.0952. The Bertz CT molecular complexity index is 659. The molecule has 114 valence electrons. The summed E-state index contributed by atoms with van der Waals surface area (Å²) < 4.78 is 7.44. The fraction of sp³-hybridized carbons (Fsp3) is 0.471. The molecular formula is C17H25N3O. The Kier molecular flexibility index (Phi) is 4.37. The molecule has 4 heteroatoms. The Labute approximate surface area is 126 Å². The van der Waals surface area contributed by atoms with Gasteiger partial charge in [-0.1, -0.05) is 6.07 Å². The highest BCUT2D eigenvalue weighted by Gasteiger charge is 2.19. The molecule has 0 amide bonds. The fourth-order valence-corrected chi connectivity index (χ4v) is 3.02. The van der Waals surface area contributed by atoms with Crippen molar-refractivity contribution in [3.63, 3.8) is 0 Å². The molecule has 21 heavy (non-hydrogen) atoms. The lowest BCUT2D eigenvalue weighted by Gasteiger charge is -2.19. The second-order valence-corrected chi connectivity index (χ2v) is 5.78. The standard InChI is InChI=1S/C17H25N3O/c1-10-7-11(2)17(16(8-10)21-6)15(18)9-14-12(3)19-20(5)13(14)4/h7-8,15H,9,18H2,1-6H3. The van der Waals surface area contributed by atoms with Crippen molar-refractivity contribution in [2.75, 3.05) is 7.11 Å². The van der Waals surface area contributed by atoms with E-state index in [-0.39, 0.29) is 6.04 Å². The van der Waals surface area contributed by atoms with Crippen LogP contribution in [0.15, 0.2) is 12.1 Å². The van der Waals surface area contributed by atoms with Gasteiger partial charge in [0.2, 0.25) is 0 Å². The van der Waals surface area contributed by atoms with Crippen molar-refractivity contribution in [1.82, 2.24) is 9.78 Å². The van der Waals surface area contributed by atoms with E-state index in [1.54, 1.807) is 7.11 Å². The van der Waals surface area contributed by atoms with Gasteiger partial charge in [-0.3, -0.25) is 4.68 Å². The monoisotopic (exact) mass is 287 g/mol. The normalized spacial score (nSPS) is 12.5. The van der Waals surface area contributed by atoms with Crippen LogP contribution in [0.5, 0.6) is 5.75 Å². The van der Waals surface area contributed by atoms with E-state index in [0.29, 0.717) is 0 Å². The number of benzene rings is 1. The van der Waals surface area contributed by atoms with E-state index in [0.717, 1.165) is 23.4 Å². The van der Waals surface area contributed by atoms with Crippen LogP contribution in [0.4, 0.5) is 0 Å². The van der Waals surface area contributed by atoms with Crippen LogP contribution in [0.3, 0.4) is 0 Å². The first-order valence-electron chi connectivity index (χ1n) is 7.25. The van der Waals surface area contributed by atoms with Crippen LogP contribution in [0.2, 0.25) is 0 Å². The first-order valence-corrected chi connectivity index (χ1v) is 7.25. The Hall–Kier alpha value is -1.81. The lowest BCUT2D eigenvalue weighted by molar-refractivity contribution is 0.404. The molecule has 4 nitrogen and oxygen atoms in total. The van der Waals surface area contributed by atoms with Gasteiger partial charge in [-0.2, -0.15) is 5.10 Å². The second-order valence-electron chi connectivity index (χ2n) is 5.78. The van der Waals surface area contributed by atoms with E-state index in [1.807, 2.05) is 24.7 Å². The van der Waals surface area contributed by atoms with Crippen molar-refractivity contribution in [2.24, 2.45) is 12.8 Å². The lowest BCUT2D eigenvalue weighted by atomic mass is 9.93. The van der Waals surface area contributed by atoms with E-state index < -0.39 is 0 Å². The predicted molar refractivity (Wildman–Crippen MR) is 85.8 cm³/mol. The third-order valence-electron chi connectivity index (χ3n) is 4.17. The molecular weight excluding hydrogens is 262 g/mol. The smallest absolute Gasteiger partial charge is 0.124 e. The van der Waals surface area contributed by atoms with E-state index in [2.05, 4.69) is 31.9 Å². The molecule has 1 heterocycles. The molecule has 0 bridgehead atoms. The molecule has 0 radical (unpaired) electrons. The third kappa shape index (κ3) is 2.95. The van der Waals surface area contributed by atoms with Gasteiger partial charge < -0.3 is 10.5 Å². The van der Waals surface area contributed by atoms with Crippen LogP contribution < -0.4 is 10.5 Å². The van der Waals surface area contributed by atoms with Gasteiger partial charge in [0.15, 0.2) is 0 Å². The van der Waals surface area contributed by atoms with Crippen molar-refractivity contribution in [3.8, 4) is 5.75 Å². The summed E-state index contributed by atoms with van der Waals surface area (Å²) in [5.41, 5.74) is 13.4. The molecule has 0 saturated carbocycles. The number of hydrogen-bond donors (Lipinski definition) is 1. The van der Waals surface area contributed by atoms with Crippen molar-refractivity contribution in [3.05, 3.63) is 45.8 Å². The lowest BCUT2D eigenvalue weighted by Crippen LogP contribution is -2.17. The van der Waals surface area contributed by atoms with Crippen molar-refractivity contribution in [1.29, 1.82) is 0 Å². The number of hydrogen-bond acceptors (Lipinski definition) is 3. The summed E-state index contributed by atoms with van der Waals surface area (Å²) in [4.78, 5) is 0. The molecule has 2 rings (SSSR count). The number of rotatable bonds is 4. The largest absolute Gasteiger partial charge is 0.496 e. The summed E-state index contributed by atoms with van der Waals surface area (Å²) in [6.45, 7) is 8.28. The summed E-state index contributed by atoms with van der Waals surface area (Å²) >= 11 is 0. The van der Waals surface area contributed by atoms with Crippen molar-refractivity contribution < 1.29 is 4.74 Å². The Morgan fingerprint density at radius 2 is 1.90 bits per heavy atom. The molecule has 1 aromatic heterocycles. The van der Waals surface area contributed by atoms with Gasteiger partial charge in [0.05, 0.1) is 12.8 Å². The number of nitrogens with zero attached hydrogens (tertiary/aromatic N) is 2. The summed E-state index contributed by atoms with van der Waals surface area (Å²) in [7, 11) is 3.67. The summed E-state index contributed by atoms with van der Waals surface area (Å²) in [5.74, 6) is 0.874. The zero-order valence-electron chi connectivity index (χ0n) is 13.8. The molecule has 1 atom stereocenters. The highest BCUT2D eigenvalue weighted by atomic mass is 16.5. The van der Waals surface area contributed by atoms with E-state index in [4.69, 9.17) is 10.5 Å². The minimum Gasteiger partial charge on any atom is -0.496 e. The fourth-order valence-electron chi connectivity index (χ4n) is 3.02. The molecule has 2 aromatic rings. The van der Waals surface area contributed by atoms with Gasteiger partial charge in [-0.05, 0) is 56.9 Å².